The van der Waals surface area contributed by atoms with Crippen LogP contribution in [-0.4, -0.2) is 32.6 Å². The van der Waals surface area contributed by atoms with Crippen molar-refractivity contribution < 1.29 is 18.0 Å². The lowest BCUT2D eigenvalue weighted by molar-refractivity contribution is -0.108. The monoisotopic (exact) mass is 299 g/mol. The van der Waals surface area contributed by atoms with Crippen LogP contribution in [0.1, 0.15) is 26.7 Å². The topological polar surface area (TPSA) is 55.8 Å². The zero-order valence-corrected chi connectivity index (χ0v) is 12.7. The van der Waals surface area contributed by atoms with Crippen LogP contribution in [0, 0.1) is 5.92 Å². The second-order valence-corrected chi connectivity index (χ2v) is 7.08. The molecule has 1 aromatic carbocycles. The maximum absolute atomic E-state index is 12.3. The molecule has 1 aromatic rings. The van der Waals surface area contributed by atoms with Gasteiger partial charge in [0, 0.05) is 6.54 Å². The quantitative estimate of drug-likeness (QED) is 0.838. The van der Waals surface area contributed by atoms with Crippen LogP contribution in [0.3, 0.4) is 0 Å². The molecule has 0 aromatic heterocycles. The number of hydroxylamine groups is 1. The summed E-state index contributed by atoms with van der Waals surface area (Å²) >= 11 is 0. The third-order valence-corrected chi connectivity index (χ3v) is 4.64. The highest BCUT2D eigenvalue weighted by Gasteiger charge is 2.27. The SMILES string of the molecule is CC(C)COc1ccc(S(=O)(=O)N2CCCCO2)cc1. The van der Waals surface area contributed by atoms with E-state index in [1.54, 1.807) is 24.3 Å². The van der Waals surface area contributed by atoms with E-state index in [2.05, 4.69) is 13.8 Å². The molecule has 0 amide bonds. The van der Waals surface area contributed by atoms with E-state index >= 15 is 0 Å². The fraction of sp³-hybridized carbons (Fsp3) is 0.571. The van der Waals surface area contributed by atoms with Crippen molar-refractivity contribution in [1.29, 1.82) is 0 Å². The largest absolute Gasteiger partial charge is 0.493 e. The van der Waals surface area contributed by atoms with Crippen molar-refractivity contribution in [3.05, 3.63) is 24.3 Å². The van der Waals surface area contributed by atoms with Gasteiger partial charge in [-0.1, -0.05) is 18.3 Å². The molecule has 0 saturated carbocycles. The molecule has 0 radical (unpaired) electrons. The minimum absolute atomic E-state index is 0.233. The van der Waals surface area contributed by atoms with Crippen molar-refractivity contribution in [2.45, 2.75) is 31.6 Å². The number of benzene rings is 1. The Labute approximate surface area is 120 Å². The fourth-order valence-electron chi connectivity index (χ4n) is 1.85. The molecule has 0 unspecified atom stereocenters. The van der Waals surface area contributed by atoms with Gasteiger partial charge in [0.25, 0.3) is 10.0 Å². The molecule has 1 aliphatic rings. The number of rotatable bonds is 5. The second kappa shape index (κ2) is 6.56. The maximum Gasteiger partial charge on any atom is 0.265 e. The average Bonchev–Trinajstić information content (AvgIpc) is 2.46. The molecule has 0 spiro atoms. The summed E-state index contributed by atoms with van der Waals surface area (Å²) in [6.07, 6.45) is 1.73. The molecule has 1 heterocycles. The van der Waals surface area contributed by atoms with Crippen molar-refractivity contribution in [1.82, 2.24) is 4.47 Å². The Bertz CT molecular complexity index is 519. The summed E-state index contributed by atoms with van der Waals surface area (Å²) in [7, 11) is -3.55. The van der Waals surface area contributed by atoms with Crippen LogP contribution in [0.5, 0.6) is 5.75 Å². The van der Waals surface area contributed by atoms with Crippen molar-refractivity contribution in [3.8, 4) is 5.75 Å². The zero-order valence-electron chi connectivity index (χ0n) is 11.9. The lowest BCUT2D eigenvalue weighted by Gasteiger charge is -2.25. The van der Waals surface area contributed by atoms with Gasteiger partial charge >= 0.3 is 0 Å². The highest BCUT2D eigenvalue weighted by Crippen LogP contribution is 2.22. The molecule has 5 nitrogen and oxygen atoms in total. The molecular formula is C14H21NO4S. The Hall–Kier alpha value is -1.11. The van der Waals surface area contributed by atoms with E-state index in [-0.39, 0.29) is 4.90 Å². The lowest BCUT2D eigenvalue weighted by atomic mass is 10.2. The van der Waals surface area contributed by atoms with Crippen LogP contribution in [0.25, 0.3) is 0 Å². The van der Waals surface area contributed by atoms with E-state index in [9.17, 15) is 8.42 Å². The Morgan fingerprint density at radius 1 is 1.25 bits per heavy atom. The summed E-state index contributed by atoms with van der Waals surface area (Å²) < 4.78 is 31.3. The maximum atomic E-state index is 12.3. The van der Waals surface area contributed by atoms with Gasteiger partial charge in [-0.2, -0.15) is 0 Å². The number of nitrogens with zero attached hydrogens (tertiary/aromatic N) is 1. The summed E-state index contributed by atoms with van der Waals surface area (Å²) in [6, 6.07) is 6.48. The third-order valence-electron chi connectivity index (χ3n) is 2.94. The van der Waals surface area contributed by atoms with Crippen LogP contribution < -0.4 is 4.74 Å². The van der Waals surface area contributed by atoms with Crippen molar-refractivity contribution in [3.63, 3.8) is 0 Å². The minimum Gasteiger partial charge on any atom is -0.493 e. The molecule has 1 aliphatic heterocycles. The van der Waals surface area contributed by atoms with Crippen molar-refractivity contribution in [2.24, 2.45) is 5.92 Å². The van der Waals surface area contributed by atoms with E-state index in [1.807, 2.05) is 0 Å². The third kappa shape index (κ3) is 3.71. The van der Waals surface area contributed by atoms with Crippen LogP contribution in [0.15, 0.2) is 29.2 Å². The smallest absolute Gasteiger partial charge is 0.265 e. The highest BCUT2D eigenvalue weighted by atomic mass is 32.2. The molecule has 1 fully saturated rings. The van der Waals surface area contributed by atoms with Gasteiger partial charge in [-0.25, -0.2) is 8.42 Å². The van der Waals surface area contributed by atoms with E-state index in [0.717, 1.165) is 17.3 Å². The van der Waals surface area contributed by atoms with Crippen LogP contribution >= 0.6 is 0 Å². The summed E-state index contributed by atoms with van der Waals surface area (Å²) in [6.45, 7) is 5.60. The number of hydrogen-bond donors (Lipinski definition) is 0. The number of hydrogen-bond acceptors (Lipinski definition) is 4. The first-order chi connectivity index (χ1) is 9.50. The van der Waals surface area contributed by atoms with Gasteiger partial charge < -0.3 is 4.74 Å². The predicted octanol–water partition coefficient (Wildman–Crippen LogP) is 2.44. The highest BCUT2D eigenvalue weighted by molar-refractivity contribution is 7.89. The second-order valence-electron chi connectivity index (χ2n) is 5.25. The van der Waals surface area contributed by atoms with Gasteiger partial charge in [0.2, 0.25) is 0 Å². The van der Waals surface area contributed by atoms with Crippen LogP contribution in [-0.2, 0) is 14.9 Å². The molecule has 0 bridgehead atoms. The molecule has 0 N–H and O–H groups in total. The van der Waals surface area contributed by atoms with E-state index in [1.165, 1.54) is 0 Å². The molecular weight excluding hydrogens is 278 g/mol. The lowest BCUT2D eigenvalue weighted by Crippen LogP contribution is -2.35. The van der Waals surface area contributed by atoms with E-state index in [4.69, 9.17) is 9.57 Å². The minimum atomic E-state index is -3.55. The fourth-order valence-corrected chi connectivity index (χ4v) is 3.15. The van der Waals surface area contributed by atoms with Gasteiger partial charge in [-0.05, 0) is 43.0 Å². The molecule has 0 atom stereocenters. The first kappa shape index (κ1) is 15.3. The summed E-state index contributed by atoms with van der Waals surface area (Å²) in [5, 5.41) is 0. The van der Waals surface area contributed by atoms with Crippen LogP contribution in [0.2, 0.25) is 0 Å². The predicted molar refractivity (Wildman–Crippen MR) is 75.9 cm³/mol. The molecule has 112 valence electrons. The Balaban J connectivity index is 2.08. The van der Waals surface area contributed by atoms with Gasteiger partial charge in [0.15, 0.2) is 0 Å². The average molecular weight is 299 g/mol. The molecule has 2 rings (SSSR count). The number of ether oxygens (including phenoxy) is 1. The van der Waals surface area contributed by atoms with Gasteiger partial charge in [-0.15, -0.1) is 0 Å². The summed E-state index contributed by atoms with van der Waals surface area (Å²) in [4.78, 5) is 5.45. The van der Waals surface area contributed by atoms with Gasteiger partial charge in [0.05, 0.1) is 18.1 Å². The Morgan fingerprint density at radius 2 is 1.95 bits per heavy atom. The molecule has 0 aliphatic carbocycles. The molecule has 6 heteroatoms. The molecule has 1 saturated heterocycles. The first-order valence-electron chi connectivity index (χ1n) is 6.88. The van der Waals surface area contributed by atoms with E-state index < -0.39 is 10.0 Å². The normalized spacial score (nSPS) is 17.4. The standard InChI is InChI=1S/C14H21NO4S/c1-12(2)11-18-13-5-7-14(8-6-13)20(16,17)15-9-3-4-10-19-15/h5-8,12H,3-4,9-11H2,1-2H3. The molecule has 20 heavy (non-hydrogen) atoms. The van der Waals surface area contributed by atoms with Gasteiger partial charge in [0.1, 0.15) is 5.75 Å². The number of sulfonamides is 1. The van der Waals surface area contributed by atoms with Crippen molar-refractivity contribution in [2.75, 3.05) is 19.8 Å². The zero-order chi connectivity index (χ0) is 14.6. The first-order valence-corrected chi connectivity index (χ1v) is 8.32. The van der Waals surface area contributed by atoms with Gasteiger partial charge in [-0.3, -0.25) is 4.84 Å². The van der Waals surface area contributed by atoms with Crippen molar-refractivity contribution >= 4 is 10.0 Å². The summed E-state index contributed by atoms with van der Waals surface area (Å²) in [5.74, 6) is 1.11. The Kier molecular flexibility index (Phi) is 5.01. The van der Waals surface area contributed by atoms with E-state index in [0.29, 0.717) is 31.4 Å². The van der Waals surface area contributed by atoms with Crippen LogP contribution in [0.4, 0.5) is 0 Å². The summed E-state index contributed by atoms with van der Waals surface area (Å²) in [5.41, 5.74) is 0. The Morgan fingerprint density at radius 3 is 2.50 bits per heavy atom.